The Labute approximate surface area is 108 Å². The molecule has 0 aromatic rings. The van der Waals surface area contributed by atoms with Gasteiger partial charge in [-0.1, -0.05) is 13.8 Å². The number of carboxylic acids is 2. The maximum absolute atomic E-state index is 9.26. The predicted octanol–water partition coefficient (Wildman–Crippen LogP) is -2.91. The molecule has 0 aliphatic heterocycles. The van der Waals surface area contributed by atoms with Gasteiger partial charge in [0.25, 0.3) is 0 Å². The monoisotopic (exact) mass is 252 g/mol. The molecular formula is C6H12O5Sr. The summed E-state index contributed by atoms with van der Waals surface area (Å²) in [6.45, 7) is 3.07. The minimum absolute atomic E-state index is 0. The normalized spacial score (nSPS) is 6.17. The summed E-state index contributed by atoms with van der Waals surface area (Å²) < 4.78 is 0. The smallest absolute Gasteiger partial charge is 0.550 e. The van der Waals surface area contributed by atoms with Gasteiger partial charge in [-0.25, -0.2) is 0 Å². The molecule has 0 amide bonds. The number of carboxylic acid groups (broad SMARTS) is 2. The summed E-state index contributed by atoms with van der Waals surface area (Å²) in [4.78, 5) is 18.5. The van der Waals surface area contributed by atoms with E-state index in [1.807, 2.05) is 0 Å². The van der Waals surface area contributed by atoms with Crippen LogP contribution in [0.25, 0.3) is 0 Å². The molecule has 0 saturated carbocycles. The fourth-order valence-electron chi connectivity index (χ4n) is 0. The first kappa shape index (κ1) is 22.8. The molecule has 0 saturated heterocycles. The summed E-state index contributed by atoms with van der Waals surface area (Å²) in [7, 11) is 0. The molecule has 0 aliphatic rings. The first-order chi connectivity index (χ1) is 4.54. The van der Waals surface area contributed by atoms with Crippen LogP contribution in [-0.2, 0) is 9.59 Å². The summed E-state index contributed by atoms with van der Waals surface area (Å²) in [6, 6.07) is 0. The van der Waals surface area contributed by atoms with Crippen LogP contribution in [0.3, 0.4) is 0 Å². The zero-order valence-electron chi connectivity index (χ0n) is 7.25. The molecule has 0 aliphatic carbocycles. The molecule has 0 aromatic heterocycles. The third-order valence-corrected chi connectivity index (χ3v) is 0.577. The Morgan fingerprint density at radius 2 is 1.08 bits per heavy atom. The van der Waals surface area contributed by atoms with E-state index in [0.29, 0.717) is 0 Å². The Balaban J connectivity index is -0.0000000457. The minimum atomic E-state index is -0.995. The molecule has 0 spiro atoms. The molecule has 5 nitrogen and oxygen atoms in total. The van der Waals surface area contributed by atoms with Gasteiger partial charge in [0.1, 0.15) is 0 Å². The van der Waals surface area contributed by atoms with Crippen LogP contribution >= 0.6 is 0 Å². The van der Waals surface area contributed by atoms with Crippen molar-refractivity contribution in [1.29, 1.82) is 0 Å². The molecule has 6 heteroatoms. The van der Waals surface area contributed by atoms with Crippen LogP contribution in [0, 0.1) is 0 Å². The van der Waals surface area contributed by atoms with Crippen LogP contribution in [0.1, 0.15) is 26.7 Å². The van der Waals surface area contributed by atoms with E-state index in [-0.39, 0.29) is 63.8 Å². The Hall–Kier alpha value is 0.381. The molecular weight excluding hydrogens is 240 g/mol. The van der Waals surface area contributed by atoms with Crippen molar-refractivity contribution in [2.24, 2.45) is 0 Å². The number of aliphatic carboxylic acids is 2. The molecule has 0 aromatic carbocycles. The van der Waals surface area contributed by atoms with E-state index in [9.17, 15) is 19.8 Å². The molecule has 0 rings (SSSR count). The Kier molecular flexibility index (Phi) is 33.2. The fourth-order valence-corrected chi connectivity index (χ4v) is 0. The Bertz CT molecular complexity index is 101. The summed E-state index contributed by atoms with van der Waals surface area (Å²) in [5, 5.41) is 18.5. The molecule has 0 unspecified atom stereocenters. The second-order valence-electron chi connectivity index (χ2n) is 1.45. The third-order valence-electron chi connectivity index (χ3n) is 0.577. The van der Waals surface area contributed by atoms with Crippen molar-refractivity contribution in [2.75, 3.05) is 0 Å². The van der Waals surface area contributed by atoms with Crippen LogP contribution in [0.2, 0.25) is 0 Å². The van der Waals surface area contributed by atoms with Crippen molar-refractivity contribution in [3.63, 3.8) is 0 Å². The maximum Gasteiger partial charge on any atom is 2.00 e. The van der Waals surface area contributed by atoms with Crippen molar-refractivity contribution in [3.8, 4) is 0 Å². The largest absolute Gasteiger partial charge is 2.00 e. The quantitative estimate of drug-likeness (QED) is 0.490. The molecule has 2 N–H and O–H groups in total. The van der Waals surface area contributed by atoms with Crippen LogP contribution in [0.5, 0.6) is 0 Å². The zero-order valence-corrected chi connectivity index (χ0v) is 10.7. The molecule has 0 heterocycles. The van der Waals surface area contributed by atoms with Crippen molar-refractivity contribution in [1.82, 2.24) is 0 Å². The average Bonchev–Trinajstić information content (AvgIpc) is 1.89. The molecule has 0 atom stereocenters. The first-order valence-corrected chi connectivity index (χ1v) is 2.94. The first-order valence-electron chi connectivity index (χ1n) is 2.94. The standard InChI is InChI=1S/2C3H6O2.H2O.Sr/c2*1-2-3(4)5;;/h2*2H2,1H3,(H,4,5);1H2;/q;;;+2/p-2. The van der Waals surface area contributed by atoms with Gasteiger partial charge in [0.15, 0.2) is 0 Å². The number of carbonyl (C=O) groups excluding carboxylic acids is 2. The molecule has 0 fully saturated rings. The summed E-state index contributed by atoms with van der Waals surface area (Å²) in [6.07, 6.45) is 0.222. The van der Waals surface area contributed by atoms with Gasteiger partial charge in [0.05, 0.1) is 0 Å². The number of hydrogen-bond donors (Lipinski definition) is 0. The fraction of sp³-hybridized carbons (Fsp3) is 0.667. The van der Waals surface area contributed by atoms with Crippen LogP contribution in [0.4, 0.5) is 0 Å². The Morgan fingerprint density at radius 3 is 1.08 bits per heavy atom. The molecule has 0 radical (unpaired) electrons. The summed E-state index contributed by atoms with van der Waals surface area (Å²) >= 11 is 0. The van der Waals surface area contributed by atoms with Gasteiger partial charge in [-0.2, -0.15) is 0 Å². The van der Waals surface area contributed by atoms with Gasteiger partial charge in [-0.15, -0.1) is 0 Å². The van der Waals surface area contributed by atoms with E-state index in [4.69, 9.17) is 0 Å². The van der Waals surface area contributed by atoms with Crippen LogP contribution in [-0.4, -0.2) is 62.9 Å². The van der Waals surface area contributed by atoms with Gasteiger partial charge >= 0.3 is 45.5 Å². The number of carbonyl (C=O) groups is 2. The molecule has 68 valence electrons. The van der Waals surface area contributed by atoms with Crippen LogP contribution in [0.15, 0.2) is 0 Å². The van der Waals surface area contributed by atoms with E-state index in [2.05, 4.69) is 0 Å². The topological polar surface area (TPSA) is 112 Å². The predicted molar refractivity (Wildman–Crippen MR) is 40.0 cm³/mol. The van der Waals surface area contributed by atoms with E-state index >= 15 is 0 Å². The van der Waals surface area contributed by atoms with E-state index < -0.39 is 11.9 Å². The average molecular weight is 252 g/mol. The van der Waals surface area contributed by atoms with Gasteiger partial charge in [-0.05, 0) is 12.8 Å². The van der Waals surface area contributed by atoms with Crippen molar-refractivity contribution in [3.05, 3.63) is 0 Å². The number of rotatable bonds is 2. The molecule has 0 bridgehead atoms. The van der Waals surface area contributed by atoms with Crippen LogP contribution < -0.4 is 10.2 Å². The van der Waals surface area contributed by atoms with Gasteiger partial charge in [-0.3, -0.25) is 0 Å². The van der Waals surface area contributed by atoms with E-state index in [1.165, 1.54) is 13.8 Å². The molecule has 12 heavy (non-hydrogen) atoms. The second kappa shape index (κ2) is 17.5. The van der Waals surface area contributed by atoms with E-state index in [1.54, 1.807) is 0 Å². The summed E-state index contributed by atoms with van der Waals surface area (Å²) in [5.41, 5.74) is 0. The maximum atomic E-state index is 9.26. The minimum Gasteiger partial charge on any atom is -0.550 e. The summed E-state index contributed by atoms with van der Waals surface area (Å²) in [5.74, 6) is -1.99. The van der Waals surface area contributed by atoms with Gasteiger partial charge in [0.2, 0.25) is 0 Å². The third kappa shape index (κ3) is 47.6. The SMILES string of the molecule is CCC(=O)[O-].CCC(=O)[O-].O.[Sr+2]. The van der Waals surface area contributed by atoms with Gasteiger partial charge in [0, 0.05) is 11.9 Å². The number of hydrogen-bond acceptors (Lipinski definition) is 4. The van der Waals surface area contributed by atoms with E-state index in [0.717, 1.165) is 0 Å². The van der Waals surface area contributed by atoms with Crippen molar-refractivity contribution >= 4 is 57.4 Å². The Morgan fingerprint density at radius 1 is 1.00 bits per heavy atom. The second-order valence-corrected chi connectivity index (χ2v) is 1.45. The zero-order chi connectivity index (χ0) is 8.57. The van der Waals surface area contributed by atoms with Crippen molar-refractivity contribution in [2.45, 2.75) is 26.7 Å². The van der Waals surface area contributed by atoms with Crippen molar-refractivity contribution < 1.29 is 25.3 Å². The van der Waals surface area contributed by atoms with Gasteiger partial charge < -0.3 is 25.3 Å².